The number of carbonyl (C=O) groups excluding carboxylic acids is 1. The zero-order valence-corrected chi connectivity index (χ0v) is 14.9. The Morgan fingerprint density at radius 1 is 1.33 bits per heavy atom. The van der Waals surface area contributed by atoms with Gasteiger partial charge in [0.1, 0.15) is 5.82 Å². The molecule has 1 aliphatic rings. The van der Waals surface area contributed by atoms with Crippen molar-refractivity contribution in [2.45, 2.75) is 19.0 Å². The van der Waals surface area contributed by atoms with Crippen LogP contribution in [0, 0.1) is 5.82 Å². The Morgan fingerprint density at radius 3 is 2.67 bits per heavy atom. The summed E-state index contributed by atoms with van der Waals surface area (Å²) < 4.78 is 36.6. The van der Waals surface area contributed by atoms with Crippen molar-refractivity contribution in [3.8, 4) is 0 Å². The van der Waals surface area contributed by atoms with Gasteiger partial charge in [-0.2, -0.15) is 0 Å². The summed E-state index contributed by atoms with van der Waals surface area (Å²) in [6, 6.07) is 5.41. The molecule has 24 heavy (non-hydrogen) atoms. The average molecular weight is 357 g/mol. The number of rotatable bonds is 6. The lowest BCUT2D eigenvalue weighted by molar-refractivity contribution is 0.172. The summed E-state index contributed by atoms with van der Waals surface area (Å²) in [6.45, 7) is 1.29. The number of hydrogen-bond acceptors (Lipinski definition) is 4. The summed E-state index contributed by atoms with van der Waals surface area (Å²) in [5.41, 5.74) is 0.662. The number of halogens is 1. The largest absolute Gasteiger partial charge is 0.334 e. The molecular formula is C16H24FN3O3S. The number of hydrogen-bond donors (Lipinski definition) is 1. The van der Waals surface area contributed by atoms with Gasteiger partial charge in [0.25, 0.3) is 0 Å². The van der Waals surface area contributed by atoms with E-state index in [2.05, 4.69) is 5.32 Å². The molecule has 134 valence electrons. The first-order valence-corrected chi connectivity index (χ1v) is 9.73. The van der Waals surface area contributed by atoms with Gasteiger partial charge in [0.05, 0.1) is 11.5 Å². The molecule has 0 radical (unpaired) electrons. The van der Waals surface area contributed by atoms with Crippen molar-refractivity contribution in [1.29, 1.82) is 0 Å². The van der Waals surface area contributed by atoms with Gasteiger partial charge in [0.2, 0.25) is 0 Å². The number of sulfone groups is 1. The zero-order valence-electron chi connectivity index (χ0n) is 14.0. The third kappa shape index (κ3) is 5.45. The van der Waals surface area contributed by atoms with Gasteiger partial charge in [-0.1, -0.05) is 12.1 Å². The van der Waals surface area contributed by atoms with Gasteiger partial charge in [-0.05, 0) is 38.2 Å². The number of amides is 2. The molecule has 1 heterocycles. The van der Waals surface area contributed by atoms with Crippen molar-refractivity contribution in [3.05, 3.63) is 35.6 Å². The second kappa shape index (κ2) is 7.94. The number of urea groups is 1. The van der Waals surface area contributed by atoms with Crippen molar-refractivity contribution >= 4 is 15.9 Å². The minimum atomic E-state index is -3.07. The first kappa shape index (κ1) is 18.7. The summed E-state index contributed by atoms with van der Waals surface area (Å²) >= 11 is 0. The maximum atomic E-state index is 13.2. The van der Waals surface area contributed by atoms with Crippen molar-refractivity contribution in [2.24, 2.45) is 0 Å². The van der Waals surface area contributed by atoms with E-state index in [0.29, 0.717) is 25.1 Å². The summed E-state index contributed by atoms with van der Waals surface area (Å²) in [5, 5.41) is 2.76. The second-order valence-electron chi connectivity index (χ2n) is 6.34. The fourth-order valence-electron chi connectivity index (χ4n) is 2.71. The minimum Gasteiger partial charge on any atom is -0.334 e. The summed E-state index contributed by atoms with van der Waals surface area (Å²) in [4.78, 5) is 16.0. The maximum Gasteiger partial charge on any atom is 0.317 e. The van der Waals surface area contributed by atoms with E-state index in [0.717, 1.165) is 0 Å². The molecule has 2 amide bonds. The van der Waals surface area contributed by atoms with Gasteiger partial charge >= 0.3 is 6.03 Å². The third-order valence-electron chi connectivity index (χ3n) is 4.03. The lowest BCUT2D eigenvalue weighted by atomic mass is 10.2. The molecule has 2 rings (SSSR count). The van der Waals surface area contributed by atoms with E-state index >= 15 is 0 Å². The molecule has 0 spiro atoms. The van der Waals surface area contributed by atoms with Crippen LogP contribution in [0.5, 0.6) is 0 Å². The van der Waals surface area contributed by atoms with E-state index in [4.69, 9.17) is 0 Å². The van der Waals surface area contributed by atoms with Gasteiger partial charge in [-0.25, -0.2) is 17.6 Å². The van der Waals surface area contributed by atoms with E-state index in [1.54, 1.807) is 17.0 Å². The fourth-order valence-corrected chi connectivity index (χ4v) is 4.44. The predicted octanol–water partition coefficient (Wildman–Crippen LogP) is 1.09. The lowest BCUT2D eigenvalue weighted by Gasteiger charge is -2.29. The van der Waals surface area contributed by atoms with Gasteiger partial charge in [-0.15, -0.1) is 0 Å². The Kier molecular flexibility index (Phi) is 6.17. The second-order valence-corrected chi connectivity index (χ2v) is 8.57. The van der Waals surface area contributed by atoms with Crippen molar-refractivity contribution in [1.82, 2.24) is 15.1 Å². The van der Waals surface area contributed by atoms with Crippen LogP contribution in [-0.2, 0) is 16.4 Å². The molecule has 1 saturated heterocycles. The molecule has 8 heteroatoms. The summed E-state index contributed by atoms with van der Waals surface area (Å²) in [7, 11) is 0.724. The van der Waals surface area contributed by atoms with Crippen LogP contribution in [0.3, 0.4) is 0 Å². The number of likely N-dealkylation sites (N-methyl/N-ethyl adjacent to an activating group) is 1. The molecule has 6 nitrogen and oxygen atoms in total. The van der Waals surface area contributed by atoms with Crippen molar-refractivity contribution in [2.75, 3.05) is 38.7 Å². The third-order valence-corrected chi connectivity index (χ3v) is 5.78. The van der Waals surface area contributed by atoms with Gasteiger partial charge < -0.3 is 15.1 Å². The van der Waals surface area contributed by atoms with Crippen molar-refractivity contribution in [3.63, 3.8) is 0 Å². The normalized spacial score (nSPS) is 19.4. The lowest BCUT2D eigenvalue weighted by Crippen LogP contribution is -2.49. The molecular weight excluding hydrogens is 333 g/mol. The molecule has 0 bridgehead atoms. The highest BCUT2D eigenvalue weighted by atomic mass is 32.2. The molecule has 1 unspecified atom stereocenters. The topological polar surface area (TPSA) is 69.7 Å². The van der Waals surface area contributed by atoms with E-state index in [1.165, 1.54) is 12.1 Å². The summed E-state index contributed by atoms with van der Waals surface area (Å²) in [6.07, 6.45) is 0.461. The maximum absolute atomic E-state index is 13.2. The average Bonchev–Trinajstić information content (AvgIpc) is 2.85. The van der Waals surface area contributed by atoms with Crippen molar-refractivity contribution < 1.29 is 17.6 Å². The highest BCUT2D eigenvalue weighted by Gasteiger charge is 2.34. The molecule has 1 aromatic carbocycles. The Balaban J connectivity index is 2.01. The Labute approximate surface area is 142 Å². The van der Waals surface area contributed by atoms with Gasteiger partial charge in [-0.3, -0.25) is 0 Å². The SMILES string of the molecule is CN(C)CCN(C(=O)NCc1cccc(F)c1)C1CCS(=O)(=O)C1. The molecule has 1 fully saturated rings. The van der Waals surface area contributed by atoms with Crippen LogP contribution in [0.1, 0.15) is 12.0 Å². The van der Waals surface area contributed by atoms with Gasteiger partial charge in [0, 0.05) is 25.7 Å². The molecule has 1 N–H and O–H groups in total. The predicted molar refractivity (Wildman–Crippen MR) is 91.0 cm³/mol. The Bertz CT molecular complexity index is 679. The number of benzene rings is 1. The number of nitrogens with zero attached hydrogens (tertiary/aromatic N) is 2. The highest BCUT2D eigenvalue weighted by molar-refractivity contribution is 7.91. The number of carbonyl (C=O) groups is 1. The molecule has 0 aromatic heterocycles. The van der Waals surface area contributed by atoms with Crippen LogP contribution >= 0.6 is 0 Å². The quantitative estimate of drug-likeness (QED) is 0.827. The van der Waals surface area contributed by atoms with Crippen LogP contribution in [0.15, 0.2) is 24.3 Å². The van der Waals surface area contributed by atoms with Crippen LogP contribution < -0.4 is 5.32 Å². The van der Waals surface area contributed by atoms with Crippen LogP contribution in [0.4, 0.5) is 9.18 Å². The van der Waals surface area contributed by atoms with E-state index in [9.17, 15) is 17.6 Å². The highest BCUT2D eigenvalue weighted by Crippen LogP contribution is 2.18. The molecule has 1 aromatic rings. The fraction of sp³-hybridized carbons (Fsp3) is 0.562. The molecule has 0 saturated carbocycles. The molecule has 0 aliphatic carbocycles. The number of nitrogens with one attached hydrogen (secondary N) is 1. The smallest absolute Gasteiger partial charge is 0.317 e. The van der Waals surface area contributed by atoms with Gasteiger partial charge in [0.15, 0.2) is 9.84 Å². The first-order valence-electron chi connectivity index (χ1n) is 7.91. The van der Waals surface area contributed by atoms with Crippen LogP contribution in [0.2, 0.25) is 0 Å². The summed E-state index contributed by atoms with van der Waals surface area (Å²) in [5.74, 6) is -0.227. The van der Waals surface area contributed by atoms with E-state index in [1.807, 2.05) is 19.0 Å². The Morgan fingerprint density at radius 2 is 2.08 bits per heavy atom. The van der Waals surface area contributed by atoms with E-state index in [-0.39, 0.29) is 35.9 Å². The first-order chi connectivity index (χ1) is 11.3. The van der Waals surface area contributed by atoms with Crippen LogP contribution in [-0.4, -0.2) is 69.0 Å². The Hall–Kier alpha value is -1.67. The standard InChI is InChI=1S/C16H24FN3O3S/c1-19(2)7-8-20(15-6-9-24(22,23)12-15)16(21)18-11-13-4-3-5-14(17)10-13/h3-5,10,15H,6-9,11-12H2,1-2H3,(H,18,21). The van der Waals surface area contributed by atoms with E-state index < -0.39 is 9.84 Å². The molecule has 1 aliphatic heterocycles. The monoisotopic (exact) mass is 357 g/mol. The minimum absolute atomic E-state index is 0.00775. The van der Waals surface area contributed by atoms with Crippen LogP contribution in [0.25, 0.3) is 0 Å². The zero-order chi connectivity index (χ0) is 17.7. The molecule has 1 atom stereocenters.